The molecule has 0 aromatic carbocycles. The van der Waals surface area contributed by atoms with Gasteiger partial charge in [0.25, 0.3) is 0 Å². The first-order chi connectivity index (χ1) is 8.70. The largest absolute Gasteiger partial charge is 0.360 e. The highest BCUT2D eigenvalue weighted by Crippen LogP contribution is 2.13. The van der Waals surface area contributed by atoms with Gasteiger partial charge in [-0.1, -0.05) is 6.07 Å². The molecule has 1 aromatic heterocycles. The molecule has 18 heavy (non-hydrogen) atoms. The third-order valence-corrected chi connectivity index (χ3v) is 3.76. The predicted octanol–water partition coefficient (Wildman–Crippen LogP) is 1.33. The summed E-state index contributed by atoms with van der Waals surface area (Å²) in [4.78, 5) is 9.08. The molecule has 100 valence electrons. The van der Waals surface area contributed by atoms with Crippen molar-refractivity contribution in [3.05, 3.63) is 23.9 Å². The highest BCUT2D eigenvalue weighted by atomic mass is 15.2. The molecular formula is C14H24N4. The third-order valence-electron chi connectivity index (χ3n) is 3.76. The van der Waals surface area contributed by atoms with E-state index in [1.165, 1.54) is 12.0 Å². The van der Waals surface area contributed by atoms with Gasteiger partial charge in [0.1, 0.15) is 5.82 Å². The van der Waals surface area contributed by atoms with Gasteiger partial charge in [0.15, 0.2) is 0 Å². The van der Waals surface area contributed by atoms with Crippen LogP contribution in [0.2, 0.25) is 0 Å². The molecule has 4 heteroatoms. The van der Waals surface area contributed by atoms with Gasteiger partial charge in [0.2, 0.25) is 0 Å². The summed E-state index contributed by atoms with van der Waals surface area (Å²) in [5.41, 5.74) is 1.29. The lowest BCUT2D eigenvalue weighted by Gasteiger charge is -2.23. The molecule has 2 rings (SSSR count). The minimum atomic E-state index is 0.669. The van der Waals surface area contributed by atoms with Crippen LogP contribution in [0.3, 0.4) is 0 Å². The molecule has 1 atom stereocenters. The fourth-order valence-corrected chi connectivity index (χ4v) is 2.33. The molecule has 1 N–H and O–H groups in total. The zero-order chi connectivity index (χ0) is 13.0. The summed E-state index contributed by atoms with van der Waals surface area (Å²) in [6, 6.07) is 4.97. The summed E-state index contributed by atoms with van der Waals surface area (Å²) in [6.45, 7) is 6.36. The molecule has 1 saturated heterocycles. The Bertz CT molecular complexity index is 357. The Kier molecular flexibility index (Phi) is 4.55. The predicted molar refractivity (Wildman–Crippen MR) is 75.9 cm³/mol. The molecule has 1 aliphatic heterocycles. The van der Waals surface area contributed by atoms with Gasteiger partial charge < -0.3 is 10.2 Å². The van der Waals surface area contributed by atoms with Gasteiger partial charge in [0.05, 0.1) is 0 Å². The monoisotopic (exact) mass is 248 g/mol. The second-order valence-electron chi connectivity index (χ2n) is 5.10. The molecule has 1 fully saturated rings. The van der Waals surface area contributed by atoms with E-state index >= 15 is 0 Å². The summed E-state index contributed by atoms with van der Waals surface area (Å²) in [6.07, 6.45) is 3.25. The zero-order valence-electron chi connectivity index (χ0n) is 11.7. The molecule has 0 spiro atoms. The van der Waals surface area contributed by atoms with Gasteiger partial charge in [0, 0.05) is 38.9 Å². The Morgan fingerprint density at radius 3 is 2.78 bits per heavy atom. The van der Waals surface area contributed by atoms with Crippen LogP contribution in [0.15, 0.2) is 18.3 Å². The van der Waals surface area contributed by atoms with Crippen molar-refractivity contribution in [3.8, 4) is 0 Å². The first-order valence-electron chi connectivity index (χ1n) is 6.77. The Hall–Kier alpha value is -1.13. The average Bonchev–Trinajstić information content (AvgIpc) is 2.92. The second-order valence-corrected chi connectivity index (χ2v) is 5.10. The Balaban J connectivity index is 1.93. The van der Waals surface area contributed by atoms with Crippen molar-refractivity contribution in [2.45, 2.75) is 25.9 Å². The lowest BCUT2D eigenvalue weighted by molar-refractivity contribution is 0.248. The van der Waals surface area contributed by atoms with Crippen LogP contribution < -0.4 is 10.2 Å². The van der Waals surface area contributed by atoms with Gasteiger partial charge in [-0.3, -0.25) is 4.90 Å². The molecule has 1 unspecified atom stereocenters. The molecule has 4 nitrogen and oxygen atoms in total. The van der Waals surface area contributed by atoms with E-state index in [0.717, 1.165) is 32.0 Å². The number of aromatic nitrogens is 1. The molecule has 0 amide bonds. The molecular weight excluding hydrogens is 224 g/mol. The number of rotatable bonds is 5. The van der Waals surface area contributed by atoms with E-state index in [9.17, 15) is 0 Å². The number of nitrogens with one attached hydrogen (secondary N) is 1. The zero-order valence-corrected chi connectivity index (χ0v) is 11.7. The fourth-order valence-electron chi connectivity index (χ4n) is 2.33. The minimum absolute atomic E-state index is 0.669. The number of nitrogens with zero attached hydrogens (tertiary/aromatic N) is 3. The van der Waals surface area contributed by atoms with Crippen molar-refractivity contribution in [2.75, 3.05) is 38.6 Å². The molecule has 0 bridgehead atoms. The number of hydrogen-bond donors (Lipinski definition) is 1. The molecule has 0 saturated carbocycles. The third kappa shape index (κ3) is 3.21. The maximum atomic E-state index is 4.51. The van der Waals surface area contributed by atoms with Crippen LogP contribution >= 0.6 is 0 Å². The number of hydrogen-bond acceptors (Lipinski definition) is 4. The Morgan fingerprint density at radius 2 is 2.22 bits per heavy atom. The Morgan fingerprint density at radius 1 is 1.39 bits per heavy atom. The fraction of sp³-hybridized carbons (Fsp3) is 0.643. The summed E-state index contributed by atoms with van der Waals surface area (Å²) >= 11 is 0. The van der Waals surface area contributed by atoms with Crippen molar-refractivity contribution in [2.24, 2.45) is 0 Å². The topological polar surface area (TPSA) is 31.4 Å². The summed E-state index contributed by atoms with van der Waals surface area (Å²) in [7, 11) is 4.27. The van der Waals surface area contributed by atoms with Crippen LogP contribution in [0.5, 0.6) is 0 Å². The van der Waals surface area contributed by atoms with Crippen molar-refractivity contribution >= 4 is 5.82 Å². The van der Waals surface area contributed by atoms with Gasteiger partial charge in [-0.05, 0) is 38.6 Å². The van der Waals surface area contributed by atoms with E-state index in [1.54, 1.807) is 0 Å². The van der Waals surface area contributed by atoms with E-state index < -0.39 is 0 Å². The molecule has 0 radical (unpaired) electrons. The van der Waals surface area contributed by atoms with Crippen LogP contribution in [-0.2, 0) is 6.54 Å². The number of anilines is 1. The van der Waals surface area contributed by atoms with Crippen molar-refractivity contribution in [3.63, 3.8) is 0 Å². The average molecular weight is 248 g/mol. The lowest BCUT2D eigenvalue weighted by Crippen LogP contribution is -2.32. The first-order valence-corrected chi connectivity index (χ1v) is 6.77. The van der Waals surface area contributed by atoms with Gasteiger partial charge >= 0.3 is 0 Å². The molecule has 1 aromatic rings. The van der Waals surface area contributed by atoms with Crippen molar-refractivity contribution < 1.29 is 0 Å². The van der Waals surface area contributed by atoms with E-state index in [-0.39, 0.29) is 0 Å². The molecule has 0 aliphatic carbocycles. The summed E-state index contributed by atoms with van der Waals surface area (Å²) < 4.78 is 0. The quantitative estimate of drug-likeness (QED) is 0.852. The maximum Gasteiger partial charge on any atom is 0.128 e. The number of likely N-dealkylation sites (N-methyl/N-ethyl adjacent to an activating group) is 1. The highest BCUT2D eigenvalue weighted by Gasteiger charge is 2.18. The van der Waals surface area contributed by atoms with Crippen LogP contribution in [0.25, 0.3) is 0 Å². The smallest absolute Gasteiger partial charge is 0.128 e. The van der Waals surface area contributed by atoms with Crippen LogP contribution in [0.1, 0.15) is 18.9 Å². The number of pyridine rings is 1. The van der Waals surface area contributed by atoms with Crippen LogP contribution in [-0.4, -0.2) is 49.7 Å². The van der Waals surface area contributed by atoms with Crippen LogP contribution in [0, 0.1) is 0 Å². The van der Waals surface area contributed by atoms with E-state index in [2.05, 4.69) is 53.3 Å². The van der Waals surface area contributed by atoms with E-state index in [0.29, 0.717) is 6.04 Å². The maximum absolute atomic E-state index is 4.51. The molecule has 2 heterocycles. The normalized spacial score (nSPS) is 19.4. The summed E-state index contributed by atoms with van der Waals surface area (Å²) in [5.74, 6) is 1.05. The van der Waals surface area contributed by atoms with Gasteiger partial charge in [-0.25, -0.2) is 4.98 Å². The SMILES string of the molecule is CCN(C)c1ccc(CN(C)C2CCNC2)cn1. The van der Waals surface area contributed by atoms with E-state index in [1.807, 2.05) is 6.20 Å². The van der Waals surface area contributed by atoms with Gasteiger partial charge in [-0.2, -0.15) is 0 Å². The summed E-state index contributed by atoms with van der Waals surface area (Å²) in [5, 5.41) is 3.41. The van der Waals surface area contributed by atoms with Gasteiger partial charge in [-0.15, -0.1) is 0 Å². The van der Waals surface area contributed by atoms with E-state index in [4.69, 9.17) is 0 Å². The molecule has 1 aliphatic rings. The highest BCUT2D eigenvalue weighted by molar-refractivity contribution is 5.37. The minimum Gasteiger partial charge on any atom is -0.360 e. The van der Waals surface area contributed by atoms with Crippen molar-refractivity contribution in [1.82, 2.24) is 15.2 Å². The van der Waals surface area contributed by atoms with Crippen LogP contribution in [0.4, 0.5) is 5.82 Å². The standard InChI is InChI=1S/C14H24N4/c1-4-17(2)14-6-5-12(9-16-14)11-18(3)13-7-8-15-10-13/h5-6,9,13,15H,4,7-8,10-11H2,1-3H3. The first kappa shape index (κ1) is 13.3. The second kappa shape index (κ2) is 6.16. The Labute approximate surface area is 110 Å². The lowest BCUT2D eigenvalue weighted by atomic mass is 10.2. The van der Waals surface area contributed by atoms with Crippen molar-refractivity contribution in [1.29, 1.82) is 0 Å².